The van der Waals surface area contributed by atoms with E-state index in [1.54, 1.807) is 0 Å². The number of likely N-dealkylation sites (tertiary alicyclic amines) is 1. The van der Waals surface area contributed by atoms with Crippen molar-refractivity contribution in [2.45, 2.75) is 26.3 Å². The lowest BCUT2D eigenvalue weighted by Crippen LogP contribution is -2.33. The Kier molecular flexibility index (Phi) is 3.11. The van der Waals surface area contributed by atoms with Crippen LogP contribution in [0, 0.1) is 5.41 Å². The molecular weight excluding hydrogens is 236 g/mol. The van der Waals surface area contributed by atoms with Crippen molar-refractivity contribution >= 4 is 11.0 Å². The summed E-state index contributed by atoms with van der Waals surface area (Å²) in [6.45, 7) is 7.52. The highest BCUT2D eigenvalue weighted by Gasteiger charge is 2.34. The van der Waals surface area contributed by atoms with Gasteiger partial charge in [0.25, 0.3) is 0 Å². The second-order valence-electron chi connectivity index (χ2n) is 6.32. The minimum Gasteiger partial charge on any atom is -0.464 e. The normalized spacial score (nSPS) is 21.0. The van der Waals surface area contributed by atoms with Gasteiger partial charge in [0.05, 0.1) is 12.3 Å². The lowest BCUT2D eigenvalue weighted by Gasteiger charge is -2.27. The van der Waals surface area contributed by atoms with E-state index in [2.05, 4.69) is 30.9 Å². The van der Waals surface area contributed by atoms with Gasteiger partial charge in [-0.05, 0) is 24.4 Å². The zero-order valence-electron chi connectivity index (χ0n) is 11.7. The summed E-state index contributed by atoms with van der Waals surface area (Å²) in [6.07, 6.45) is 3.12. The maximum absolute atomic E-state index is 6.04. The van der Waals surface area contributed by atoms with Gasteiger partial charge in [0.2, 0.25) is 0 Å². The molecule has 1 aliphatic rings. The molecular formula is C16H22N2O. The smallest absolute Gasteiger partial charge is 0.134 e. The molecule has 1 atom stereocenters. The molecule has 3 nitrogen and oxygen atoms in total. The topological polar surface area (TPSA) is 42.4 Å². The highest BCUT2D eigenvalue weighted by molar-refractivity contribution is 5.81. The summed E-state index contributed by atoms with van der Waals surface area (Å²) in [5.41, 5.74) is 8.62. The van der Waals surface area contributed by atoms with Crippen LogP contribution in [0.25, 0.3) is 11.0 Å². The lowest BCUT2D eigenvalue weighted by atomic mass is 9.93. The molecule has 1 saturated heterocycles. The van der Waals surface area contributed by atoms with E-state index in [0.29, 0.717) is 12.0 Å². The van der Waals surface area contributed by atoms with Gasteiger partial charge in [-0.3, -0.25) is 4.90 Å². The second kappa shape index (κ2) is 4.66. The highest BCUT2D eigenvalue weighted by atomic mass is 16.3. The minimum atomic E-state index is 0.269. The molecule has 3 heteroatoms. The molecule has 1 unspecified atom stereocenters. The van der Waals surface area contributed by atoms with Crippen LogP contribution in [-0.4, -0.2) is 24.5 Å². The summed E-state index contributed by atoms with van der Waals surface area (Å²) >= 11 is 0. The van der Waals surface area contributed by atoms with E-state index in [4.69, 9.17) is 10.2 Å². The van der Waals surface area contributed by atoms with Crippen LogP contribution < -0.4 is 5.73 Å². The van der Waals surface area contributed by atoms with Gasteiger partial charge in [0, 0.05) is 24.0 Å². The van der Waals surface area contributed by atoms with Gasteiger partial charge in [-0.15, -0.1) is 0 Å². The predicted octanol–water partition coefficient (Wildman–Crippen LogP) is 3.16. The first-order valence-corrected chi connectivity index (χ1v) is 7.01. The zero-order valence-corrected chi connectivity index (χ0v) is 11.7. The van der Waals surface area contributed by atoms with E-state index in [-0.39, 0.29) is 6.04 Å². The number of nitrogens with two attached hydrogens (primary N) is 1. The van der Waals surface area contributed by atoms with Crippen molar-refractivity contribution in [3.8, 4) is 0 Å². The summed E-state index contributed by atoms with van der Waals surface area (Å²) in [5.74, 6) is 0. The van der Waals surface area contributed by atoms with Crippen molar-refractivity contribution in [3.05, 3.63) is 36.1 Å². The Morgan fingerprint density at radius 3 is 2.84 bits per heavy atom. The molecule has 1 aromatic heterocycles. The molecule has 0 spiro atoms. The Bertz CT molecular complexity index is 573. The number of rotatable bonds is 3. The SMILES string of the molecule is CC1(C)CCN(C(CN)c2coc3ccccc23)C1. The van der Waals surface area contributed by atoms with E-state index < -0.39 is 0 Å². The molecule has 19 heavy (non-hydrogen) atoms. The van der Waals surface area contributed by atoms with E-state index in [0.717, 1.165) is 18.7 Å². The fraction of sp³-hybridized carbons (Fsp3) is 0.500. The third-order valence-corrected chi connectivity index (χ3v) is 4.24. The molecule has 2 aromatic rings. The van der Waals surface area contributed by atoms with Crippen LogP contribution in [0.15, 0.2) is 34.9 Å². The van der Waals surface area contributed by atoms with Crippen molar-refractivity contribution in [2.75, 3.05) is 19.6 Å². The summed E-state index contributed by atoms with van der Waals surface area (Å²) in [7, 11) is 0. The van der Waals surface area contributed by atoms with Crippen molar-refractivity contribution < 1.29 is 4.42 Å². The van der Waals surface area contributed by atoms with E-state index in [1.165, 1.54) is 17.4 Å². The van der Waals surface area contributed by atoms with Crippen LogP contribution in [0.3, 0.4) is 0 Å². The Balaban J connectivity index is 1.94. The van der Waals surface area contributed by atoms with Gasteiger partial charge >= 0.3 is 0 Å². The van der Waals surface area contributed by atoms with Gasteiger partial charge in [0.1, 0.15) is 5.58 Å². The van der Waals surface area contributed by atoms with E-state index in [1.807, 2.05) is 18.4 Å². The summed E-state index contributed by atoms with van der Waals surface area (Å²) in [6, 6.07) is 8.47. The Labute approximate surface area is 114 Å². The maximum atomic E-state index is 6.04. The molecule has 0 radical (unpaired) electrons. The lowest BCUT2D eigenvalue weighted by molar-refractivity contribution is 0.223. The monoisotopic (exact) mass is 258 g/mol. The quantitative estimate of drug-likeness (QED) is 0.919. The van der Waals surface area contributed by atoms with Crippen molar-refractivity contribution in [3.63, 3.8) is 0 Å². The third-order valence-electron chi connectivity index (χ3n) is 4.24. The van der Waals surface area contributed by atoms with Crippen molar-refractivity contribution in [1.82, 2.24) is 4.90 Å². The standard InChI is InChI=1S/C16H22N2O/c1-16(2)7-8-18(11-16)14(9-17)13-10-19-15-6-4-3-5-12(13)15/h3-6,10,14H,7-9,11,17H2,1-2H3. The van der Waals surface area contributed by atoms with Crippen LogP contribution in [0.5, 0.6) is 0 Å². The number of benzene rings is 1. The Morgan fingerprint density at radius 2 is 2.16 bits per heavy atom. The van der Waals surface area contributed by atoms with Gasteiger partial charge in [0.15, 0.2) is 0 Å². The third kappa shape index (κ3) is 2.28. The number of para-hydroxylation sites is 1. The van der Waals surface area contributed by atoms with E-state index in [9.17, 15) is 0 Å². The average Bonchev–Trinajstić information content (AvgIpc) is 2.95. The molecule has 0 amide bonds. The fourth-order valence-electron chi connectivity index (χ4n) is 3.15. The number of nitrogens with zero attached hydrogens (tertiary/aromatic N) is 1. The average molecular weight is 258 g/mol. The first-order chi connectivity index (χ1) is 9.11. The number of hydrogen-bond donors (Lipinski definition) is 1. The molecule has 2 N–H and O–H groups in total. The van der Waals surface area contributed by atoms with E-state index >= 15 is 0 Å². The molecule has 0 saturated carbocycles. The highest BCUT2D eigenvalue weighted by Crippen LogP contribution is 2.36. The Hall–Kier alpha value is -1.32. The first-order valence-electron chi connectivity index (χ1n) is 7.01. The molecule has 1 aromatic carbocycles. The largest absolute Gasteiger partial charge is 0.464 e. The van der Waals surface area contributed by atoms with Gasteiger partial charge in [-0.25, -0.2) is 0 Å². The van der Waals surface area contributed by atoms with Gasteiger partial charge in [-0.2, -0.15) is 0 Å². The van der Waals surface area contributed by atoms with Crippen LogP contribution in [0.1, 0.15) is 31.9 Å². The molecule has 102 valence electrons. The van der Waals surface area contributed by atoms with Crippen LogP contribution in [0.2, 0.25) is 0 Å². The molecule has 1 aliphatic heterocycles. The van der Waals surface area contributed by atoms with Crippen LogP contribution >= 0.6 is 0 Å². The summed E-state index contributed by atoms with van der Waals surface area (Å²) in [4.78, 5) is 2.50. The molecule has 3 rings (SSSR count). The van der Waals surface area contributed by atoms with Crippen molar-refractivity contribution in [2.24, 2.45) is 11.1 Å². The summed E-state index contributed by atoms with van der Waals surface area (Å²) in [5, 5.41) is 1.20. The maximum Gasteiger partial charge on any atom is 0.134 e. The van der Waals surface area contributed by atoms with Gasteiger partial charge in [-0.1, -0.05) is 32.0 Å². The molecule has 2 heterocycles. The predicted molar refractivity (Wildman–Crippen MR) is 78.0 cm³/mol. The number of fused-ring (bicyclic) bond motifs is 1. The molecule has 1 fully saturated rings. The number of hydrogen-bond acceptors (Lipinski definition) is 3. The molecule has 0 aliphatic carbocycles. The zero-order chi connectivity index (χ0) is 13.5. The van der Waals surface area contributed by atoms with Crippen LogP contribution in [0.4, 0.5) is 0 Å². The van der Waals surface area contributed by atoms with Crippen LogP contribution in [-0.2, 0) is 0 Å². The fourth-order valence-corrected chi connectivity index (χ4v) is 3.15. The molecule has 0 bridgehead atoms. The number of furan rings is 1. The first kappa shape index (κ1) is 12.7. The summed E-state index contributed by atoms with van der Waals surface area (Å²) < 4.78 is 5.66. The second-order valence-corrected chi connectivity index (χ2v) is 6.32. The minimum absolute atomic E-state index is 0.269. The van der Waals surface area contributed by atoms with Crippen molar-refractivity contribution in [1.29, 1.82) is 0 Å². The van der Waals surface area contributed by atoms with Gasteiger partial charge < -0.3 is 10.2 Å². The Morgan fingerprint density at radius 1 is 1.37 bits per heavy atom.